The van der Waals surface area contributed by atoms with Crippen molar-refractivity contribution in [1.29, 1.82) is 0 Å². The Labute approximate surface area is 165 Å². The predicted octanol–water partition coefficient (Wildman–Crippen LogP) is 1.15. The summed E-state index contributed by atoms with van der Waals surface area (Å²) in [4.78, 5) is 37.5. The molecule has 10 heteroatoms. The van der Waals surface area contributed by atoms with Crippen LogP contribution in [0.5, 0.6) is 0 Å². The van der Waals surface area contributed by atoms with E-state index in [2.05, 4.69) is 0 Å². The van der Waals surface area contributed by atoms with Crippen molar-refractivity contribution in [2.75, 3.05) is 12.3 Å². The number of hydrogen-bond acceptors (Lipinski definition) is 8. The van der Waals surface area contributed by atoms with Gasteiger partial charge in [-0.1, -0.05) is 0 Å². The Morgan fingerprint density at radius 3 is 2.71 bits per heavy atom. The first-order chi connectivity index (χ1) is 13.3. The molecule has 1 saturated heterocycles. The minimum absolute atomic E-state index is 0.0489. The monoisotopic (exact) mass is 407 g/mol. The number of nitro benzene ring substituents is 1. The summed E-state index contributed by atoms with van der Waals surface area (Å²) >= 11 is 1.41. The van der Waals surface area contributed by atoms with E-state index in [1.807, 2.05) is 0 Å². The van der Waals surface area contributed by atoms with Crippen LogP contribution < -0.4 is 5.73 Å². The van der Waals surface area contributed by atoms with Crippen LogP contribution in [0.3, 0.4) is 0 Å². The van der Waals surface area contributed by atoms with Gasteiger partial charge in [-0.2, -0.15) is 0 Å². The van der Waals surface area contributed by atoms with Crippen LogP contribution in [0.2, 0.25) is 0 Å². The Morgan fingerprint density at radius 2 is 2.14 bits per heavy atom. The Kier molecular flexibility index (Phi) is 6.01. The van der Waals surface area contributed by atoms with E-state index < -0.39 is 22.9 Å². The molecule has 1 fully saturated rings. The highest BCUT2D eigenvalue weighted by atomic mass is 32.2. The molecule has 1 amide bonds. The third-order valence-corrected chi connectivity index (χ3v) is 5.94. The number of fused-ring (bicyclic) bond motifs is 1. The van der Waals surface area contributed by atoms with Gasteiger partial charge in [0.1, 0.15) is 12.3 Å². The van der Waals surface area contributed by atoms with Crippen LogP contribution in [-0.4, -0.2) is 51.2 Å². The second-order valence-electron chi connectivity index (χ2n) is 6.65. The molecule has 0 aliphatic carbocycles. The molecular formula is C18H21N3O6S. The number of thioether (sulfide) groups is 1. The minimum Gasteiger partial charge on any atom is -0.456 e. The van der Waals surface area contributed by atoms with E-state index in [1.54, 1.807) is 6.92 Å². The number of esters is 1. The zero-order valence-electron chi connectivity index (χ0n) is 15.2. The van der Waals surface area contributed by atoms with E-state index in [1.165, 1.54) is 40.9 Å². The van der Waals surface area contributed by atoms with Crippen molar-refractivity contribution in [3.63, 3.8) is 0 Å². The molecule has 1 aromatic carbocycles. The number of nitrogens with zero attached hydrogens (tertiary/aromatic N) is 2. The number of amides is 1. The molecule has 28 heavy (non-hydrogen) atoms. The number of ether oxygens (including phenoxy) is 1. The van der Waals surface area contributed by atoms with Gasteiger partial charge in [-0.15, -0.1) is 11.8 Å². The van der Waals surface area contributed by atoms with Gasteiger partial charge in [0.05, 0.1) is 23.0 Å². The summed E-state index contributed by atoms with van der Waals surface area (Å²) in [7, 11) is 0. The van der Waals surface area contributed by atoms with E-state index in [-0.39, 0.29) is 29.9 Å². The molecule has 150 valence electrons. The minimum atomic E-state index is -0.787. The highest BCUT2D eigenvalue weighted by Crippen LogP contribution is 2.47. The molecule has 0 bridgehead atoms. The zero-order chi connectivity index (χ0) is 20.4. The Hall–Kier alpha value is -2.43. The second-order valence-corrected chi connectivity index (χ2v) is 7.84. The summed E-state index contributed by atoms with van der Waals surface area (Å²) in [5, 5.41) is 20.5. The first-order valence-electron chi connectivity index (χ1n) is 8.82. The summed E-state index contributed by atoms with van der Waals surface area (Å²) in [6.07, 6.45) is -0.293. The number of rotatable bonds is 8. The summed E-state index contributed by atoms with van der Waals surface area (Å²) in [6.45, 7) is 1.93. The number of benzene rings is 1. The molecule has 3 rings (SSSR count). The maximum absolute atomic E-state index is 12.7. The van der Waals surface area contributed by atoms with Crippen LogP contribution in [-0.2, 0) is 20.9 Å². The van der Waals surface area contributed by atoms with Crippen LogP contribution in [0.15, 0.2) is 34.9 Å². The van der Waals surface area contributed by atoms with Crippen LogP contribution in [0.4, 0.5) is 5.69 Å². The smallest absolute Gasteiger partial charge is 0.356 e. The molecule has 3 atom stereocenters. The Bertz CT molecular complexity index is 823. The summed E-state index contributed by atoms with van der Waals surface area (Å²) in [5.41, 5.74) is 6.32. The lowest BCUT2D eigenvalue weighted by Crippen LogP contribution is -2.61. The lowest BCUT2D eigenvalue weighted by molar-refractivity contribution is -0.384. The SMILES string of the molecule is C[C@@H](O)[C@H]1C(=O)N2C(C(=O)OCc3ccc([N+](=O)[O-])cc3)=C(SCCN)C[C@H]12. The number of nitro groups is 1. The van der Waals surface area contributed by atoms with Crippen molar-refractivity contribution in [2.45, 2.75) is 32.1 Å². The number of hydrogen-bond donors (Lipinski definition) is 2. The van der Waals surface area contributed by atoms with Gasteiger partial charge < -0.3 is 20.5 Å². The molecule has 0 spiro atoms. The summed E-state index contributed by atoms with van der Waals surface area (Å²) < 4.78 is 5.35. The first-order valence-corrected chi connectivity index (χ1v) is 9.81. The van der Waals surface area contributed by atoms with Crippen molar-refractivity contribution in [3.8, 4) is 0 Å². The summed E-state index contributed by atoms with van der Waals surface area (Å²) in [6, 6.07) is 5.46. The standard InChI is InChI=1S/C18H21N3O6S/c1-10(22)15-13-8-14(28-7-6-19)16(20(13)17(15)23)18(24)27-9-11-2-4-12(5-3-11)21(25)26/h2-5,10,13,15,22H,6-9,19H2,1H3/t10-,13-,15-/m1/s1. The van der Waals surface area contributed by atoms with Gasteiger partial charge in [0, 0.05) is 35.8 Å². The molecule has 3 N–H and O–H groups in total. The van der Waals surface area contributed by atoms with Crippen LogP contribution in [0.25, 0.3) is 0 Å². The van der Waals surface area contributed by atoms with E-state index in [9.17, 15) is 24.8 Å². The van der Waals surface area contributed by atoms with Gasteiger partial charge >= 0.3 is 5.97 Å². The predicted molar refractivity (Wildman–Crippen MR) is 102 cm³/mol. The maximum atomic E-state index is 12.7. The number of aliphatic hydroxyl groups is 1. The van der Waals surface area contributed by atoms with E-state index in [4.69, 9.17) is 10.5 Å². The lowest BCUT2D eigenvalue weighted by Gasteiger charge is -2.44. The first kappa shape index (κ1) is 20.3. The van der Waals surface area contributed by atoms with Crippen molar-refractivity contribution >= 4 is 29.3 Å². The second kappa shape index (κ2) is 8.29. The molecular weight excluding hydrogens is 386 g/mol. The van der Waals surface area contributed by atoms with E-state index in [0.29, 0.717) is 24.3 Å². The quantitative estimate of drug-likeness (QED) is 0.283. The number of aliphatic hydroxyl groups excluding tert-OH is 1. The van der Waals surface area contributed by atoms with Crippen LogP contribution in [0, 0.1) is 16.0 Å². The molecule has 0 aromatic heterocycles. The normalized spacial score (nSPS) is 22.0. The van der Waals surface area contributed by atoms with Crippen molar-refractivity contribution < 1.29 is 24.4 Å². The molecule has 9 nitrogen and oxygen atoms in total. The fourth-order valence-corrected chi connectivity index (χ4v) is 4.43. The van der Waals surface area contributed by atoms with Gasteiger partial charge in [0.15, 0.2) is 0 Å². The van der Waals surface area contributed by atoms with Gasteiger partial charge in [-0.05, 0) is 24.6 Å². The average Bonchev–Trinajstić information content (AvgIpc) is 2.98. The number of nitrogens with two attached hydrogens (primary N) is 1. The third-order valence-electron chi connectivity index (χ3n) is 4.79. The highest BCUT2D eigenvalue weighted by Gasteiger charge is 2.56. The molecule has 2 heterocycles. The molecule has 0 radical (unpaired) electrons. The molecule has 2 aliphatic heterocycles. The maximum Gasteiger partial charge on any atom is 0.356 e. The average molecular weight is 407 g/mol. The zero-order valence-corrected chi connectivity index (χ0v) is 16.1. The van der Waals surface area contributed by atoms with Gasteiger partial charge in [0.25, 0.3) is 5.69 Å². The fourth-order valence-electron chi connectivity index (χ4n) is 3.46. The summed E-state index contributed by atoms with van der Waals surface area (Å²) in [5.74, 6) is -0.834. The molecule has 1 aromatic rings. The Morgan fingerprint density at radius 1 is 1.46 bits per heavy atom. The fraction of sp³-hybridized carbons (Fsp3) is 0.444. The highest BCUT2D eigenvalue weighted by molar-refractivity contribution is 8.03. The van der Waals surface area contributed by atoms with Crippen LogP contribution in [0.1, 0.15) is 18.9 Å². The number of β-lactam (4-membered cyclic amide) rings is 1. The molecule has 0 saturated carbocycles. The van der Waals surface area contributed by atoms with Gasteiger partial charge in [0.2, 0.25) is 5.91 Å². The third kappa shape index (κ3) is 3.75. The Balaban J connectivity index is 1.72. The number of carbonyl (C=O) groups is 2. The van der Waals surface area contributed by atoms with Crippen molar-refractivity contribution in [1.82, 2.24) is 4.90 Å². The van der Waals surface area contributed by atoms with Crippen molar-refractivity contribution in [2.24, 2.45) is 11.7 Å². The van der Waals surface area contributed by atoms with E-state index in [0.717, 1.165) is 4.91 Å². The number of carbonyl (C=O) groups excluding carboxylic acids is 2. The van der Waals surface area contributed by atoms with E-state index >= 15 is 0 Å². The van der Waals surface area contributed by atoms with Gasteiger partial charge in [-0.3, -0.25) is 14.9 Å². The topological polar surface area (TPSA) is 136 Å². The largest absolute Gasteiger partial charge is 0.456 e. The van der Waals surface area contributed by atoms with Crippen LogP contribution >= 0.6 is 11.8 Å². The lowest BCUT2D eigenvalue weighted by atomic mass is 9.83. The molecule has 2 aliphatic rings. The number of non-ortho nitro benzene ring substituents is 1. The van der Waals surface area contributed by atoms with Gasteiger partial charge in [-0.25, -0.2) is 4.79 Å². The molecule has 0 unspecified atom stereocenters. The van der Waals surface area contributed by atoms with Crippen molar-refractivity contribution in [3.05, 3.63) is 50.5 Å².